The highest BCUT2D eigenvalue weighted by molar-refractivity contribution is 5.99. The highest BCUT2D eigenvalue weighted by atomic mass is 16.5. The summed E-state index contributed by atoms with van der Waals surface area (Å²) in [7, 11) is 3.89. The van der Waals surface area contributed by atoms with Crippen molar-refractivity contribution in [3.8, 4) is 5.75 Å². The summed E-state index contributed by atoms with van der Waals surface area (Å²) >= 11 is 0. The van der Waals surface area contributed by atoms with Crippen LogP contribution in [0, 0.1) is 6.92 Å². The molecule has 6 nitrogen and oxygen atoms in total. The summed E-state index contributed by atoms with van der Waals surface area (Å²) < 4.78 is 7.88. The number of para-hydroxylation sites is 1. The predicted molar refractivity (Wildman–Crippen MR) is 113 cm³/mol. The number of benzene rings is 2. The topological polar surface area (TPSA) is 59.4 Å². The minimum absolute atomic E-state index is 0.0449. The fraction of sp³-hybridized carbons (Fsp3) is 0.304. The number of fused-ring (bicyclic) bond motifs is 1. The number of nitrogens with zero attached hydrogens (tertiary/aromatic N) is 3. The molecule has 0 radical (unpaired) electrons. The lowest BCUT2D eigenvalue weighted by atomic mass is 9.82. The van der Waals surface area contributed by atoms with Crippen molar-refractivity contribution in [1.29, 1.82) is 0 Å². The van der Waals surface area contributed by atoms with Gasteiger partial charge in [0.05, 0.1) is 6.61 Å². The van der Waals surface area contributed by atoms with Gasteiger partial charge in [-0.15, -0.1) is 0 Å². The quantitative estimate of drug-likeness (QED) is 0.725. The Balaban J connectivity index is 1.56. The lowest BCUT2D eigenvalue weighted by Gasteiger charge is -2.42. The van der Waals surface area contributed by atoms with Gasteiger partial charge < -0.3 is 14.6 Å². The third-order valence-electron chi connectivity index (χ3n) is 5.68. The van der Waals surface area contributed by atoms with Crippen molar-refractivity contribution in [2.45, 2.75) is 25.4 Å². The Morgan fingerprint density at radius 2 is 1.97 bits per heavy atom. The van der Waals surface area contributed by atoms with Gasteiger partial charge in [0.1, 0.15) is 17.1 Å². The van der Waals surface area contributed by atoms with Crippen LogP contribution < -0.4 is 10.1 Å². The number of imidazole rings is 1. The SMILES string of the molecule is Cc1nccn1Cc1ccc(NC(=O)C2(N(C)C)CCOc3ccccc32)cc1. The molecule has 1 aliphatic heterocycles. The smallest absolute Gasteiger partial charge is 0.249 e. The van der Waals surface area contributed by atoms with Gasteiger partial charge in [0.15, 0.2) is 0 Å². The maximum Gasteiger partial charge on any atom is 0.249 e. The standard InChI is InChI=1S/C23H26N4O2/c1-17-24-13-14-27(17)16-18-8-10-19(11-9-18)25-22(28)23(26(2)3)12-15-29-21-7-5-4-6-20(21)23/h4-11,13-14H,12,15-16H2,1-3H3,(H,25,28). The zero-order valence-corrected chi connectivity index (χ0v) is 17.1. The predicted octanol–water partition coefficient (Wildman–Crippen LogP) is 3.42. The number of aromatic nitrogens is 2. The van der Waals surface area contributed by atoms with Crippen molar-refractivity contribution in [3.05, 3.63) is 77.9 Å². The number of hydrogen-bond donors (Lipinski definition) is 1. The zero-order valence-electron chi connectivity index (χ0n) is 17.1. The van der Waals surface area contributed by atoms with Crippen LogP contribution in [0.25, 0.3) is 0 Å². The van der Waals surface area contributed by atoms with E-state index in [-0.39, 0.29) is 5.91 Å². The molecule has 0 bridgehead atoms. The molecule has 1 aliphatic rings. The van der Waals surface area contributed by atoms with Crippen LogP contribution in [0.2, 0.25) is 0 Å². The van der Waals surface area contributed by atoms with E-state index in [9.17, 15) is 4.79 Å². The van der Waals surface area contributed by atoms with Crippen molar-refractivity contribution in [2.24, 2.45) is 0 Å². The molecule has 1 atom stereocenters. The first-order valence-electron chi connectivity index (χ1n) is 9.78. The molecule has 0 saturated carbocycles. The van der Waals surface area contributed by atoms with Crippen LogP contribution in [-0.4, -0.2) is 41.1 Å². The van der Waals surface area contributed by atoms with E-state index in [4.69, 9.17) is 4.74 Å². The second-order valence-electron chi connectivity index (χ2n) is 7.60. The Morgan fingerprint density at radius 3 is 2.66 bits per heavy atom. The van der Waals surface area contributed by atoms with Gasteiger partial charge in [0.2, 0.25) is 5.91 Å². The van der Waals surface area contributed by atoms with Gasteiger partial charge in [-0.25, -0.2) is 4.98 Å². The molecule has 3 aromatic rings. The summed E-state index contributed by atoms with van der Waals surface area (Å²) in [5, 5.41) is 3.12. The van der Waals surface area contributed by atoms with Gasteiger partial charge >= 0.3 is 0 Å². The first kappa shape index (κ1) is 19.2. The summed E-state index contributed by atoms with van der Waals surface area (Å²) in [6.45, 7) is 3.25. The number of ether oxygens (including phenoxy) is 1. The summed E-state index contributed by atoms with van der Waals surface area (Å²) in [6.07, 6.45) is 4.37. The Labute approximate surface area is 171 Å². The number of carbonyl (C=O) groups is 1. The van der Waals surface area contributed by atoms with Gasteiger partial charge in [-0.3, -0.25) is 9.69 Å². The number of rotatable bonds is 5. The molecular weight excluding hydrogens is 364 g/mol. The monoisotopic (exact) mass is 390 g/mol. The highest BCUT2D eigenvalue weighted by Gasteiger charge is 2.46. The summed E-state index contributed by atoms with van der Waals surface area (Å²) in [5.74, 6) is 1.71. The average Bonchev–Trinajstić information content (AvgIpc) is 3.13. The van der Waals surface area contributed by atoms with Crippen LogP contribution in [0.1, 0.15) is 23.4 Å². The Morgan fingerprint density at radius 1 is 1.21 bits per heavy atom. The molecule has 2 aromatic carbocycles. The second kappa shape index (κ2) is 7.72. The van der Waals surface area contributed by atoms with Crippen LogP contribution in [0.4, 0.5) is 5.69 Å². The van der Waals surface area contributed by atoms with Gasteiger partial charge in [-0.1, -0.05) is 30.3 Å². The average molecular weight is 390 g/mol. The largest absolute Gasteiger partial charge is 0.493 e. The fourth-order valence-corrected chi connectivity index (χ4v) is 3.98. The zero-order chi connectivity index (χ0) is 20.4. The first-order valence-corrected chi connectivity index (χ1v) is 9.78. The number of nitrogens with one attached hydrogen (secondary N) is 1. The molecule has 0 saturated heterocycles. The van der Waals surface area contributed by atoms with Crippen LogP contribution in [0.15, 0.2) is 60.9 Å². The Bertz CT molecular complexity index is 1010. The first-order chi connectivity index (χ1) is 14.0. The molecule has 0 fully saturated rings. The third kappa shape index (κ3) is 3.51. The van der Waals surface area contributed by atoms with E-state index in [0.29, 0.717) is 13.0 Å². The van der Waals surface area contributed by atoms with Gasteiger partial charge in [0, 0.05) is 36.6 Å². The van der Waals surface area contributed by atoms with Crippen LogP contribution >= 0.6 is 0 Å². The maximum absolute atomic E-state index is 13.5. The van der Waals surface area contributed by atoms with Crippen molar-refractivity contribution in [2.75, 3.05) is 26.0 Å². The maximum atomic E-state index is 13.5. The van der Waals surface area contributed by atoms with Crippen LogP contribution in [0.3, 0.4) is 0 Å². The molecule has 1 unspecified atom stereocenters. The van der Waals surface area contributed by atoms with Crippen LogP contribution in [0.5, 0.6) is 5.75 Å². The summed E-state index contributed by atoms with van der Waals surface area (Å²) in [6, 6.07) is 15.8. The minimum atomic E-state index is -0.762. The molecule has 4 rings (SSSR count). The molecular formula is C23H26N4O2. The molecule has 1 N–H and O–H groups in total. The van der Waals surface area contributed by atoms with Crippen molar-refractivity contribution in [1.82, 2.24) is 14.5 Å². The number of carbonyl (C=O) groups excluding carboxylic acids is 1. The van der Waals surface area contributed by atoms with Gasteiger partial charge in [-0.2, -0.15) is 0 Å². The number of anilines is 1. The van der Waals surface area contributed by atoms with E-state index in [0.717, 1.165) is 34.9 Å². The molecule has 1 aromatic heterocycles. The van der Waals surface area contributed by atoms with Gasteiger partial charge in [0.25, 0.3) is 0 Å². The molecule has 150 valence electrons. The minimum Gasteiger partial charge on any atom is -0.493 e. The molecule has 29 heavy (non-hydrogen) atoms. The number of amides is 1. The molecule has 2 heterocycles. The highest BCUT2D eigenvalue weighted by Crippen LogP contribution is 2.41. The summed E-state index contributed by atoms with van der Waals surface area (Å²) in [5.41, 5.74) is 2.08. The summed E-state index contributed by atoms with van der Waals surface area (Å²) in [4.78, 5) is 19.7. The van der Waals surface area contributed by atoms with Crippen molar-refractivity contribution >= 4 is 11.6 Å². The van der Waals surface area contributed by atoms with Crippen LogP contribution in [-0.2, 0) is 16.9 Å². The second-order valence-corrected chi connectivity index (χ2v) is 7.60. The fourth-order valence-electron chi connectivity index (χ4n) is 3.98. The van der Waals surface area contributed by atoms with E-state index in [1.807, 2.05) is 80.6 Å². The van der Waals surface area contributed by atoms with E-state index >= 15 is 0 Å². The van der Waals surface area contributed by atoms with Crippen molar-refractivity contribution < 1.29 is 9.53 Å². The van der Waals surface area contributed by atoms with Gasteiger partial charge in [-0.05, 0) is 44.8 Å². The molecule has 6 heteroatoms. The normalized spacial score (nSPS) is 18.2. The molecule has 1 amide bonds. The Hall–Kier alpha value is -3.12. The number of likely N-dealkylation sites (N-methyl/N-ethyl adjacent to an activating group) is 1. The van der Waals surface area contributed by atoms with E-state index in [1.54, 1.807) is 6.20 Å². The third-order valence-corrected chi connectivity index (χ3v) is 5.68. The lowest BCUT2D eigenvalue weighted by Crippen LogP contribution is -2.53. The van der Waals surface area contributed by atoms with Crippen molar-refractivity contribution in [3.63, 3.8) is 0 Å². The number of hydrogen-bond acceptors (Lipinski definition) is 4. The lowest BCUT2D eigenvalue weighted by molar-refractivity contribution is -0.129. The van der Waals surface area contributed by atoms with E-state index in [2.05, 4.69) is 14.9 Å². The van der Waals surface area contributed by atoms with E-state index < -0.39 is 5.54 Å². The molecule has 0 aliphatic carbocycles. The van der Waals surface area contributed by atoms with E-state index in [1.165, 1.54) is 0 Å². The number of aryl methyl sites for hydroxylation is 1. The molecule has 0 spiro atoms. The Kier molecular flexibility index (Phi) is 5.11.